The number of aliphatic imine (C=N–C) groups is 1. The van der Waals surface area contributed by atoms with E-state index in [1.807, 2.05) is 0 Å². The van der Waals surface area contributed by atoms with Gasteiger partial charge in [0.1, 0.15) is 6.20 Å². The predicted octanol–water partition coefficient (Wildman–Crippen LogP) is 1.29. The Balaban J connectivity index is 4.58. The molecule has 0 aromatic carbocycles. The highest BCUT2D eigenvalue weighted by atomic mass is 19.1. The van der Waals surface area contributed by atoms with Crippen molar-refractivity contribution in [1.29, 1.82) is 0 Å². The molecule has 10 heavy (non-hydrogen) atoms. The summed E-state index contributed by atoms with van der Waals surface area (Å²) in [4.78, 5) is 11.9. The molecule has 0 unspecified atom stereocenters. The summed E-state index contributed by atoms with van der Waals surface area (Å²) in [5.74, 6) is -2.08. The highest BCUT2D eigenvalue weighted by Crippen LogP contribution is 1.97. The standard InChI is InChI=1S/C5H5FN2O2/c1-3-7-5(4(2)6)8(9)10/h3H,1-2H2. The fraction of sp³-hybridized carbons (Fsp3) is 0. The van der Waals surface area contributed by atoms with Crippen LogP contribution in [0.15, 0.2) is 30.2 Å². The quantitative estimate of drug-likeness (QED) is 0.254. The lowest BCUT2D eigenvalue weighted by Crippen LogP contribution is -2.10. The maximum Gasteiger partial charge on any atom is 0.399 e. The summed E-state index contributed by atoms with van der Waals surface area (Å²) in [5.41, 5.74) is 0. The molecular formula is C5H5FN2O2. The molecule has 0 aromatic heterocycles. The predicted molar refractivity (Wildman–Crippen MR) is 34.9 cm³/mol. The third-order valence-corrected chi connectivity index (χ3v) is 0.629. The Labute approximate surface area is 56.5 Å². The number of hydrogen-bond acceptors (Lipinski definition) is 3. The molecule has 0 bridgehead atoms. The normalized spacial score (nSPS) is 10.7. The van der Waals surface area contributed by atoms with E-state index in [0.29, 0.717) is 0 Å². The van der Waals surface area contributed by atoms with Crippen molar-refractivity contribution in [3.8, 4) is 0 Å². The molecule has 54 valence electrons. The number of rotatable bonds is 2. The summed E-state index contributed by atoms with van der Waals surface area (Å²) in [6, 6.07) is 0. The highest BCUT2D eigenvalue weighted by molar-refractivity contribution is 5.89. The Hall–Kier alpha value is -1.52. The molecule has 5 heteroatoms. The topological polar surface area (TPSA) is 55.5 Å². The van der Waals surface area contributed by atoms with E-state index in [1.165, 1.54) is 0 Å². The van der Waals surface area contributed by atoms with E-state index in [4.69, 9.17) is 0 Å². The van der Waals surface area contributed by atoms with Crippen molar-refractivity contribution < 1.29 is 9.31 Å². The van der Waals surface area contributed by atoms with Crippen LogP contribution in [0.1, 0.15) is 0 Å². The third kappa shape index (κ3) is 2.17. The second-order valence-electron chi connectivity index (χ2n) is 1.30. The monoisotopic (exact) mass is 144 g/mol. The molecule has 0 aliphatic heterocycles. The fourth-order valence-corrected chi connectivity index (χ4v) is 0.303. The molecule has 0 heterocycles. The van der Waals surface area contributed by atoms with E-state index in [2.05, 4.69) is 18.2 Å². The average molecular weight is 144 g/mol. The Morgan fingerprint density at radius 3 is 2.40 bits per heavy atom. The molecule has 0 aliphatic rings. The molecule has 0 saturated carbocycles. The molecule has 0 atom stereocenters. The van der Waals surface area contributed by atoms with E-state index in [-0.39, 0.29) is 0 Å². The number of halogens is 1. The van der Waals surface area contributed by atoms with Crippen LogP contribution >= 0.6 is 0 Å². The van der Waals surface area contributed by atoms with E-state index in [9.17, 15) is 14.5 Å². The first-order chi connectivity index (χ1) is 4.59. The van der Waals surface area contributed by atoms with Crippen molar-refractivity contribution in [2.24, 2.45) is 4.99 Å². The van der Waals surface area contributed by atoms with Crippen molar-refractivity contribution in [3.05, 3.63) is 35.3 Å². The van der Waals surface area contributed by atoms with Gasteiger partial charge in [-0.1, -0.05) is 13.2 Å². The van der Waals surface area contributed by atoms with Gasteiger partial charge in [0.25, 0.3) is 0 Å². The van der Waals surface area contributed by atoms with Crippen molar-refractivity contribution in [2.75, 3.05) is 0 Å². The number of nitro groups is 1. The van der Waals surface area contributed by atoms with Gasteiger partial charge in [0.2, 0.25) is 5.83 Å². The second-order valence-corrected chi connectivity index (χ2v) is 1.30. The Bertz CT molecular complexity index is 194. The fourth-order valence-electron chi connectivity index (χ4n) is 0.303. The van der Waals surface area contributed by atoms with Gasteiger partial charge in [-0.3, -0.25) is 0 Å². The molecule has 0 rings (SSSR count). The van der Waals surface area contributed by atoms with Gasteiger partial charge in [-0.2, -0.15) is 4.39 Å². The second kappa shape index (κ2) is 3.49. The molecule has 0 spiro atoms. The van der Waals surface area contributed by atoms with Gasteiger partial charge in [-0.05, 0) is 9.92 Å². The molecule has 0 radical (unpaired) electrons. The van der Waals surface area contributed by atoms with Crippen LogP contribution in [0.3, 0.4) is 0 Å². The van der Waals surface area contributed by atoms with Gasteiger partial charge >= 0.3 is 5.84 Å². The number of amidine groups is 1. The summed E-state index contributed by atoms with van der Waals surface area (Å²) in [6.07, 6.45) is 0.878. The number of nitrogens with zero attached hydrogens (tertiary/aromatic N) is 2. The first-order valence-corrected chi connectivity index (χ1v) is 2.27. The third-order valence-electron chi connectivity index (χ3n) is 0.629. The lowest BCUT2D eigenvalue weighted by molar-refractivity contribution is -0.350. The Kier molecular flexibility index (Phi) is 2.96. The van der Waals surface area contributed by atoms with Gasteiger partial charge in [-0.15, -0.1) is 0 Å². The summed E-state index contributed by atoms with van der Waals surface area (Å²) in [5, 5.41) is 9.86. The highest BCUT2D eigenvalue weighted by Gasteiger charge is 2.14. The molecule has 0 saturated heterocycles. The lowest BCUT2D eigenvalue weighted by Gasteiger charge is -1.90. The first kappa shape index (κ1) is 8.48. The van der Waals surface area contributed by atoms with Crippen LogP contribution in [-0.2, 0) is 0 Å². The summed E-state index contributed by atoms with van der Waals surface area (Å²) in [7, 11) is 0. The molecule has 4 nitrogen and oxygen atoms in total. The van der Waals surface area contributed by atoms with Crippen molar-refractivity contribution >= 4 is 5.84 Å². The maximum atomic E-state index is 12.0. The van der Waals surface area contributed by atoms with Crippen molar-refractivity contribution in [2.45, 2.75) is 0 Å². The maximum absolute atomic E-state index is 12.0. The minimum absolute atomic E-state index is 0.878. The van der Waals surface area contributed by atoms with Crippen LogP contribution in [0, 0.1) is 10.1 Å². The van der Waals surface area contributed by atoms with E-state index in [0.717, 1.165) is 6.20 Å². The van der Waals surface area contributed by atoms with Crippen LogP contribution in [0.5, 0.6) is 0 Å². The van der Waals surface area contributed by atoms with Crippen molar-refractivity contribution in [1.82, 2.24) is 0 Å². The van der Waals surface area contributed by atoms with E-state index >= 15 is 0 Å². The SMILES string of the molecule is C=CN=C(C(=C)F)[N+](=O)[O-]. The molecule has 0 amide bonds. The van der Waals surface area contributed by atoms with E-state index < -0.39 is 16.6 Å². The lowest BCUT2D eigenvalue weighted by atomic mass is 10.5. The molecule has 0 aromatic rings. The van der Waals surface area contributed by atoms with Gasteiger partial charge < -0.3 is 10.1 Å². The largest absolute Gasteiger partial charge is 0.399 e. The van der Waals surface area contributed by atoms with Gasteiger partial charge in [0, 0.05) is 0 Å². The zero-order chi connectivity index (χ0) is 8.15. The minimum atomic E-state index is -1.18. The molecule has 0 N–H and O–H groups in total. The smallest absolute Gasteiger partial charge is 0.358 e. The van der Waals surface area contributed by atoms with E-state index in [1.54, 1.807) is 0 Å². The Morgan fingerprint density at radius 2 is 2.30 bits per heavy atom. The zero-order valence-corrected chi connectivity index (χ0v) is 5.08. The Morgan fingerprint density at radius 1 is 1.80 bits per heavy atom. The summed E-state index contributed by atoms with van der Waals surface area (Å²) < 4.78 is 12.0. The van der Waals surface area contributed by atoms with Crippen LogP contribution in [0.25, 0.3) is 0 Å². The molecule has 0 aliphatic carbocycles. The van der Waals surface area contributed by atoms with Crippen molar-refractivity contribution in [3.63, 3.8) is 0 Å². The van der Waals surface area contributed by atoms with Gasteiger partial charge in [-0.25, -0.2) is 0 Å². The van der Waals surface area contributed by atoms with Gasteiger partial charge in [0.15, 0.2) is 0 Å². The zero-order valence-electron chi connectivity index (χ0n) is 5.08. The van der Waals surface area contributed by atoms with Crippen LogP contribution in [0.2, 0.25) is 0 Å². The first-order valence-electron chi connectivity index (χ1n) is 2.27. The molecule has 0 fully saturated rings. The molecular weight excluding hydrogens is 139 g/mol. The average Bonchev–Trinajstić information content (AvgIpc) is 1.81. The van der Waals surface area contributed by atoms with Crippen LogP contribution in [0.4, 0.5) is 4.39 Å². The minimum Gasteiger partial charge on any atom is -0.358 e. The number of hydrogen-bond donors (Lipinski definition) is 0. The van der Waals surface area contributed by atoms with Gasteiger partial charge in [0.05, 0.1) is 0 Å². The summed E-state index contributed by atoms with van der Waals surface area (Å²) in [6.45, 7) is 5.77. The summed E-state index contributed by atoms with van der Waals surface area (Å²) >= 11 is 0. The van der Waals surface area contributed by atoms with Crippen LogP contribution in [-0.4, -0.2) is 10.8 Å². The van der Waals surface area contributed by atoms with Crippen LogP contribution < -0.4 is 0 Å².